The van der Waals surface area contributed by atoms with Gasteiger partial charge in [-0.3, -0.25) is 9.36 Å². The van der Waals surface area contributed by atoms with Crippen molar-refractivity contribution in [1.82, 2.24) is 14.9 Å². The Morgan fingerprint density at radius 1 is 1.14 bits per heavy atom. The quantitative estimate of drug-likeness (QED) is 0.544. The molecule has 2 aromatic carbocycles. The molecule has 2 aliphatic heterocycles. The molecular weight excluding hydrogens is 426 g/mol. The van der Waals surface area contributed by atoms with Gasteiger partial charge < -0.3 is 5.32 Å². The van der Waals surface area contributed by atoms with Gasteiger partial charge in [0.2, 0.25) is 0 Å². The molecule has 1 aromatic heterocycles. The summed E-state index contributed by atoms with van der Waals surface area (Å²) in [6.07, 6.45) is 2.34. The van der Waals surface area contributed by atoms with Gasteiger partial charge in [-0.25, -0.2) is 0 Å². The van der Waals surface area contributed by atoms with Gasteiger partial charge in [0.15, 0.2) is 0 Å². The molecule has 1 fully saturated rings. The fourth-order valence-electron chi connectivity index (χ4n) is 4.68. The number of aromatic nitrogens is 2. The SMILES string of the molecule is CC.CC1(C)c2ccc(C3CCNCC3)cc2-n2c1nc(=O)c1c(Br)cccc12. The van der Waals surface area contributed by atoms with Crippen molar-refractivity contribution in [3.05, 3.63) is 68.2 Å². The first-order valence-electron chi connectivity index (χ1n) is 10.6. The zero-order chi connectivity index (χ0) is 20.8. The molecule has 0 amide bonds. The van der Waals surface area contributed by atoms with Crippen LogP contribution < -0.4 is 10.9 Å². The highest BCUT2D eigenvalue weighted by Crippen LogP contribution is 2.44. The van der Waals surface area contributed by atoms with E-state index in [1.54, 1.807) is 0 Å². The third kappa shape index (κ3) is 3.15. The van der Waals surface area contributed by atoms with E-state index in [9.17, 15) is 4.79 Å². The van der Waals surface area contributed by atoms with Gasteiger partial charge in [-0.1, -0.05) is 32.0 Å². The average Bonchev–Trinajstić information content (AvgIpc) is 2.97. The van der Waals surface area contributed by atoms with Gasteiger partial charge in [0.1, 0.15) is 5.82 Å². The Balaban J connectivity index is 0.000000994. The smallest absolute Gasteiger partial charge is 0.281 e. The Morgan fingerprint density at radius 3 is 2.59 bits per heavy atom. The number of piperidine rings is 1. The van der Waals surface area contributed by atoms with Crippen molar-refractivity contribution in [2.75, 3.05) is 13.1 Å². The number of fused-ring (bicyclic) bond motifs is 5. The van der Waals surface area contributed by atoms with Crippen LogP contribution in [-0.4, -0.2) is 22.6 Å². The van der Waals surface area contributed by atoms with Gasteiger partial charge >= 0.3 is 0 Å². The number of nitrogens with one attached hydrogen (secondary N) is 1. The minimum atomic E-state index is -0.294. The summed E-state index contributed by atoms with van der Waals surface area (Å²) < 4.78 is 3.00. The fourth-order valence-corrected chi connectivity index (χ4v) is 5.21. The minimum Gasteiger partial charge on any atom is -0.317 e. The molecule has 1 saturated heterocycles. The monoisotopic (exact) mass is 453 g/mol. The van der Waals surface area contributed by atoms with E-state index >= 15 is 0 Å². The van der Waals surface area contributed by atoms with Crippen LogP contribution in [0.5, 0.6) is 0 Å². The van der Waals surface area contributed by atoms with Crippen molar-refractivity contribution in [2.45, 2.75) is 51.9 Å². The van der Waals surface area contributed by atoms with Gasteiger partial charge in [0, 0.05) is 4.47 Å². The van der Waals surface area contributed by atoms with Crippen LogP contribution in [0.15, 0.2) is 45.7 Å². The Kier molecular flexibility index (Phi) is 5.38. The first-order chi connectivity index (χ1) is 14.0. The van der Waals surface area contributed by atoms with Gasteiger partial charge in [-0.15, -0.1) is 0 Å². The zero-order valence-corrected chi connectivity index (χ0v) is 19.1. The predicted molar refractivity (Wildman–Crippen MR) is 123 cm³/mol. The average molecular weight is 454 g/mol. The van der Waals surface area contributed by atoms with Crippen LogP contribution in [0.25, 0.3) is 16.6 Å². The van der Waals surface area contributed by atoms with Crippen LogP contribution in [0, 0.1) is 0 Å². The number of benzene rings is 2. The second kappa shape index (κ2) is 7.69. The van der Waals surface area contributed by atoms with Crippen molar-refractivity contribution in [2.24, 2.45) is 0 Å². The van der Waals surface area contributed by atoms with Crippen LogP contribution in [0.2, 0.25) is 0 Å². The molecule has 0 atom stereocenters. The van der Waals surface area contributed by atoms with Crippen molar-refractivity contribution in [3.8, 4) is 5.69 Å². The van der Waals surface area contributed by atoms with Gasteiger partial charge in [-0.2, -0.15) is 4.98 Å². The van der Waals surface area contributed by atoms with E-state index in [0.717, 1.165) is 28.9 Å². The standard InChI is InChI=1S/C22H22BrN3O.C2H6/c1-22(2)15-7-6-14(13-8-10-24-11-9-13)12-18(15)26-17-5-3-4-16(23)19(17)20(27)25-21(22)26;1-2/h3-7,12-13,24H,8-11H2,1-2H3;1-2H3. The molecule has 0 bridgehead atoms. The van der Waals surface area contributed by atoms with E-state index in [1.165, 1.54) is 29.7 Å². The Labute approximate surface area is 180 Å². The van der Waals surface area contributed by atoms with E-state index in [1.807, 2.05) is 32.0 Å². The van der Waals surface area contributed by atoms with Crippen LogP contribution in [-0.2, 0) is 5.41 Å². The van der Waals surface area contributed by atoms with Crippen molar-refractivity contribution >= 4 is 26.8 Å². The third-order valence-corrected chi connectivity index (χ3v) is 6.83. The minimum absolute atomic E-state index is 0.164. The molecular formula is C24H28BrN3O. The van der Waals surface area contributed by atoms with E-state index in [4.69, 9.17) is 0 Å². The molecule has 3 aromatic rings. The lowest BCUT2D eigenvalue weighted by molar-refractivity contribution is 0.460. The fraction of sp³-hybridized carbons (Fsp3) is 0.417. The number of hydrogen-bond donors (Lipinski definition) is 1. The molecule has 5 rings (SSSR count). The molecule has 3 heterocycles. The lowest BCUT2D eigenvalue weighted by Gasteiger charge is -2.24. The molecule has 0 spiro atoms. The molecule has 0 aliphatic carbocycles. The van der Waals surface area contributed by atoms with Crippen LogP contribution in [0.3, 0.4) is 0 Å². The summed E-state index contributed by atoms with van der Waals surface area (Å²) in [5, 5.41) is 4.10. The first-order valence-corrected chi connectivity index (χ1v) is 11.3. The number of halogens is 1. The zero-order valence-electron chi connectivity index (χ0n) is 17.6. The number of nitrogens with zero attached hydrogens (tertiary/aromatic N) is 2. The molecule has 4 nitrogen and oxygen atoms in total. The van der Waals surface area contributed by atoms with Crippen molar-refractivity contribution in [1.29, 1.82) is 0 Å². The summed E-state index contributed by atoms with van der Waals surface area (Å²) in [7, 11) is 0. The molecule has 0 unspecified atom stereocenters. The van der Waals surface area contributed by atoms with Crippen molar-refractivity contribution in [3.63, 3.8) is 0 Å². The van der Waals surface area contributed by atoms with Gasteiger partial charge in [-0.05, 0) is 91.0 Å². The molecule has 2 aliphatic rings. The molecule has 152 valence electrons. The van der Waals surface area contributed by atoms with Gasteiger partial charge in [0.05, 0.1) is 22.0 Å². The number of hydrogen-bond acceptors (Lipinski definition) is 3. The first kappa shape index (κ1) is 20.3. The van der Waals surface area contributed by atoms with E-state index in [0.29, 0.717) is 11.3 Å². The van der Waals surface area contributed by atoms with E-state index in [-0.39, 0.29) is 11.0 Å². The van der Waals surface area contributed by atoms with E-state index in [2.05, 4.69) is 62.8 Å². The van der Waals surface area contributed by atoms with Gasteiger partial charge in [0.25, 0.3) is 5.56 Å². The lowest BCUT2D eigenvalue weighted by atomic mass is 9.83. The molecule has 29 heavy (non-hydrogen) atoms. The third-order valence-electron chi connectivity index (χ3n) is 6.17. The predicted octanol–water partition coefficient (Wildman–Crippen LogP) is 5.28. The highest BCUT2D eigenvalue weighted by molar-refractivity contribution is 9.10. The normalized spacial score (nSPS) is 17.4. The molecule has 5 heteroatoms. The number of rotatable bonds is 1. The maximum atomic E-state index is 12.8. The van der Waals surface area contributed by atoms with Crippen LogP contribution in [0.4, 0.5) is 0 Å². The summed E-state index contributed by atoms with van der Waals surface area (Å²) in [4.78, 5) is 17.3. The second-order valence-corrected chi connectivity index (χ2v) is 8.99. The Bertz CT molecular complexity index is 1130. The maximum absolute atomic E-state index is 12.8. The summed E-state index contributed by atoms with van der Waals surface area (Å²) in [5.41, 5.74) is 4.26. The lowest BCUT2D eigenvalue weighted by Crippen LogP contribution is -2.26. The largest absolute Gasteiger partial charge is 0.317 e. The summed E-state index contributed by atoms with van der Waals surface area (Å²) in [6.45, 7) is 10.5. The summed E-state index contributed by atoms with van der Waals surface area (Å²) in [6, 6.07) is 12.8. The topological polar surface area (TPSA) is 46.9 Å². The van der Waals surface area contributed by atoms with Crippen molar-refractivity contribution < 1.29 is 0 Å². The van der Waals surface area contributed by atoms with Crippen LogP contribution >= 0.6 is 15.9 Å². The highest BCUT2D eigenvalue weighted by atomic mass is 79.9. The second-order valence-electron chi connectivity index (χ2n) is 8.14. The van der Waals surface area contributed by atoms with Crippen LogP contribution in [0.1, 0.15) is 63.4 Å². The molecule has 0 radical (unpaired) electrons. The Hall–Kier alpha value is -1.98. The maximum Gasteiger partial charge on any atom is 0.281 e. The summed E-state index contributed by atoms with van der Waals surface area (Å²) >= 11 is 3.54. The molecule has 1 N–H and O–H groups in total. The van der Waals surface area contributed by atoms with E-state index < -0.39 is 0 Å². The summed E-state index contributed by atoms with van der Waals surface area (Å²) in [5.74, 6) is 1.42. The Morgan fingerprint density at radius 2 is 1.86 bits per heavy atom. The molecule has 0 saturated carbocycles. The highest BCUT2D eigenvalue weighted by Gasteiger charge is 2.39.